The van der Waals surface area contributed by atoms with E-state index in [4.69, 9.17) is 4.74 Å². The molecule has 1 aromatic carbocycles. The van der Waals surface area contributed by atoms with Gasteiger partial charge < -0.3 is 20.4 Å². The molecule has 148 valence electrons. The minimum absolute atomic E-state index is 0.0595. The molecule has 1 saturated carbocycles. The number of hydrogen-bond acceptors (Lipinski definition) is 4. The molecule has 2 aromatic rings. The topological polar surface area (TPSA) is 104 Å². The highest BCUT2D eigenvalue weighted by atomic mass is 16.5. The number of imide groups is 1. The number of H-pyrrole nitrogens is 1. The first-order valence-corrected chi connectivity index (χ1v) is 9.60. The second-order valence-corrected chi connectivity index (χ2v) is 7.35. The predicted molar refractivity (Wildman–Crippen MR) is 103 cm³/mol. The SMILES string of the molecule is COc1ccc2[nH]cc(CCN3C(=O)N[C@H](CCC(=O)NC4CC4)C3=O)c2c1. The Hall–Kier alpha value is -3.03. The molecule has 1 aliphatic heterocycles. The molecule has 8 heteroatoms. The summed E-state index contributed by atoms with van der Waals surface area (Å²) in [5.41, 5.74) is 1.99. The lowest BCUT2D eigenvalue weighted by atomic mass is 10.1. The van der Waals surface area contributed by atoms with E-state index in [1.165, 1.54) is 4.90 Å². The summed E-state index contributed by atoms with van der Waals surface area (Å²) in [6.45, 7) is 0.291. The van der Waals surface area contributed by atoms with Crippen molar-refractivity contribution < 1.29 is 19.1 Å². The Morgan fingerprint density at radius 3 is 2.89 bits per heavy atom. The summed E-state index contributed by atoms with van der Waals surface area (Å²) in [5, 5.41) is 6.60. The first-order chi connectivity index (χ1) is 13.5. The van der Waals surface area contributed by atoms with Gasteiger partial charge >= 0.3 is 6.03 Å². The van der Waals surface area contributed by atoms with Crippen molar-refractivity contribution in [2.75, 3.05) is 13.7 Å². The molecule has 2 aliphatic rings. The summed E-state index contributed by atoms with van der Waals surface area (Å²) in [4.78, 5) is 41.0. The molecule has 2 fully saturated rings. The first kappa shape index (κ1) is 18.3. The molecular weight excluding hydrogens is 360 g/mol. The molecule has 0 bridgehead atoms. The van der Waals surface area contributed by atoms with E-state index in [2.05, 4.69) is 15.6 Å². The first-order valence-electron chi connectivity index (χ1n) is 9.60. The lowest BCUT2D eigenvalue weighted by Crippen LogP contribution is -2.34. The molecule has 4 rings (SSSR count). The van der Waals surface area contributed by atoms with Gasteiger partial charge in [0.1, 0.15) is 11.8 Å². The molecular formula is C20H24N4O4. The number of amides is 4. The molecule has 1 atom stereocenters. The van der Waals surface area contributed by atoms with Gasteiger partial charge in [0.25, 0.3) is 5.91 Å². The number of aromatic nitrogens is 1. The van der Waals surface area contributed by atoms with Gasteiger partial charge in [0, 0.05) is 36.1 Å². The average Bonchev–Trinajstić information content (AvgIpc) is 3.34. The van der Waals surface area contributed by atoms with Gasteiger partial charge in [-0.15, -0.1) is 0 Å². The maximum Gasteiger partial charge on any atom is 0.324 e. The van der Waals surface area contributed by atoms with Crippen LogP contribution in [0.15, 0.2) is 24.4 Å². The van der Waals surface area contributed by atoms with Crippen molar-refractivity contribution in [2.24, 2.45) is 0 Å². The van der Waals surface area contributed by atoms with Gasteiger partial charge in [-0.05, 0) is 49.4 Å². The molecule has 1 aliphatic carbocycles. The Morgan fingerprint density at radius 2 is 2.14 bits per heavy atom. The number of ether oxygens (including phenoxy) is 1. The number of hydrogen-bond donors (Lipinski definition) is 3. The van der Waals surface area contributed by atoms with Gasteiger partial charge in [-0.1, -0.05) is 0 Å². The van der Waals surface area contributed by atoms with Crippen LogP contribution in [0.3, 0.4) is 0 Å². The van der Waals surface area contributed by atoms with Crippen LogP contribution in [0.4, 0.5) is 4.79 Å². The quantitative estimate of drug-likeness (QED) is 0.603. The summed E-state index contributed by atoms with van der Waals surface area (Å²) >= 11 is 0. The highest BCUT2D eigenvalue weighted by Crippen LogP contribution is 2.24. The van der Waals surface area contributed by atoms with Crippen LogP contribution < -0.4 is 15.4 Å². The zero-order valence-electron chi connectivity index (χ0n) is 15.8. The van der Waals surface area contributed by atoms with Crippen LogP contribution in [0, 0.1) is 0 Å². The second kappa shape index (κ2) is 7.53. The Kier molecular flexibility index (Phi) is 4.93. The Morgan fingerprint density at radius 1 is 1.32 bits per heavy atom. The molecule has 1 saturated heterocycles. The Labute approximate surface area is 162 Å². The van der Waals surface area contributed by atoms with E-state index >= 15 is 0 Å². The fraction of sp³-hybridized carbons (Fsp3) is 0.450. The fourth-order valence-electron chi connectivity index (χ4n) is 3.51. The monoisotopic (exact) mass is 384 g/mol. The number of nitrogens with zero attached hydrogens (tertiary/aromatic N) is 1. The van der Waals surface area contributed by atoms with Crippen molar-refractivity contribution in [2.45, 2.75) is 44.2 Å². The zero-order chi connectivity index (χ0) is 19.7. The third-order valence-corrected chi connectivity index (χ3v) is 5.29. The van der Waals surface area contributed by atoms with Crippen LogP contribution in [0.5, 0.6) is 5.75 Å². The van der Waals surface area contributed by atoms with Gasteiger partial charge in [-0.3, -0.25) is 14.5 Å². The molecule has 2 heterocycles. The number of benzene rings is 1. The van der Waals surface area contributed by atoms with Crippen LogP contribution in [0.1, 0.15) is 31.2 Å². The maximum absolute atomic E-state index is 12.6. The van der Waals surface area contributed by atoms with Gasteiger partial charge in [0.2, 0.25) is 5.91 Å². The Balaban J connectivity index is 1.35. The molecule has 8 nitrogen and oxygen atoms in total. The number of urea groups is 1. The number of rotatable bonds is 8. The molecule has 1 aromatic heterocycles. The van der Waals surface area contributed by atoms with Gasteiger partial charge in [-0.2, -0.15) is 0 Å². The van der Waals surface area contributed by atoms with Crippen LogP contribution in [0.25, 0.3) is 10.9 Å². The van der Waals surface area contributed by atoms with E-state index in [0.717, 1.165) is 35.1 Å². The summed E-state index contributed by atoms with van der Waals surface area (Å²) < 4.78 is 5.27. The summed E-state index contributed by atoms with van der Waals surface area (Å²) in [5.74, 6) is 0.435. The van der Waals surface area contributed by atoms with E-state index in [1.54, 1.807) is 7.11 Å². The van der Waals surface area contributed by atoms with E-state index in [9.17, 15) is 14.4 Å². The predicted octanol–water partition coefficient (Wildman–Crippen LogP) is 1.70. The maximum atomic E-state index is 12.6. The molecule has 28 heavy (non-hydrogen) atoms. The fourth-order valence-corrected chi connectivity index (χ4v) is 3.51. The summed E-state index contributed by atoms with van der Waals surface area (Å²) in [7, 11) is 1.62. The second-order valence-electron chi connectivity index (χ2n) is 7.35. The molecule has 3 N–H and O–H groups in total. The van der Waals surface area contributed by atoms with Crippen molar-refractivity contribution >= 4 is 28.7 Å². The van der Waals surface area contributed by atoms with Crippen molar-refractivity contribution in [1.82, 2.24) is 20.5 Å². The molecule has 0 radical (unpaired) electrons. The lowest BCUT2D eigenvalue weighted by molar-refractivity contribution is -0.127. The van der Waals surface area contributed by atoms with E-state index in [0.29, 0.717) is 25.4 Å². The van der Waals surface area contributed by atoms with Crippen molar-refractivity contribution in [1.29, 1.82) is 0 Å². The smallest absolute Gasteiger partial charge is 0.324 e. The van der Waals surface area contributed by atoms with Crippen molar-refractivity contribution in [3.8, 4) is 5.75 Å². The van der Waals surface area contributed by atoms with E-state index < -0.39 is 12.1 Å². The Bertz CT molecular complexity index is 918. The minimum Gasteiger partial charge on any atom is -0.497 e. The number of carbonyl (C=O) groups excluding carboxylic acids is 3. The lowest BCUT2D eigenvalue weighted by Gasteiger charge is -2.13. The van der Waals surface area contributed by atoms with Crippen molar-refractivity contribution in [3.63, 3.8) is 0 Å². The third-order valence-electron chi connectivity index (χ3n) is 5.29. The number of fused-ring (bicyclic) bond motifs is 1. The molecule has 4 amide bonds. The van der Waals surface area contributed by atoms with Crippen LogP contribution in [-0.4, -0.2) is 53.5 Å². The summed E-state index contributed by atoms with van der Waals surface area (Å²) in [6, 6.07) is 5.04. The third kappa shape index (κ3) is 3.81. The highest BCUT2D eigenvalue weighted by molar-refractivity contribution is 6.04. The minimum atomic E-state index is -0.625. The average molecular weight is 384 g/mol. The highest BCUT2D eigenvalue weighted by Gasteiger charge is 2.37. The van der Waals surface area contributed by atoms with E-state index in [-0.39, 0.29) is 18.2 Å². The van der Waals surface area contributed by atoms with Gasteiger partial charge in [-0.25, -0.2) is 4.79 Å². The van der Waals surface area contributed by atoms with Crippen molar-refractivity contribution in [3.05, 3.63) is 30.0 Å². The number of carbonyl (C=O) groups is 3. The standard InChI is InChI=1S/C20H24N4O4/c1-28-14-4-5-16-15(10-14)12(11-21-16)8-9-24-19(26)17(23-20(24)27)6-7-18(25)22-13-2-3-13/h4-5,10-11,13,17,21H,2-3,6-9H2,1H3,(H,22,25)(H,23,27)/t17-/m1/s1. The number of aromatic amines is 1. The van der Waals surface area contributed by atoms with E-state index in [1.807, 2.05) is 24.4 Å². The zero-order valence-corrected chi connectivity index (χ0v) is 15.8. The normalized spacial score (nSPS) is 19.2. The summed E-state index contributed by atoms with van der Waals surface area (Å²) in [6.07, 6.45) is 5.05. The number of methoxy groups -OCH3 is 1. The van der Waals surface area contributed by atoms with Gasteiger partial charge in [0.15, 0.2) is 0 Å². The van der Waals surface area contributed by atoms with Crippen LogP contribution in [-0.2, 0) is 16.0 Å². The number of nitrogens with one attached hydrogen (secondary N) is 3. The van der Waals surface area contributed by atoms with Crippen LogP contribution >= 0.6 is 0 Å². The molecule has 0 unspecified atom stereocenters. The van der Waals surface area contributed by atoms with Crippen LogP contribution in [0.2, 0.25) is 0 Å². The molecule has 0 spiro atoms. The largest absolute Gasteiger partial charge is 0.497 e. The van der Waals surface area contributed by atoms with Gasteiger partial charge in [0.05, 0.1) is 7.11 Å².